The molecule has 3 atom stereocenters. The Labute approximate surface area is 174 Å². The molecule has 0 aromatic heterocycles. The highest BCUT2D eigenvalue weighted by Crippen LogP contribution is 2.40. The van der Waals surface area contributed by atoms with E-state index >= 15 is 0 Å². The minimum atomic E-state index is -3.74. The van der Waals surface area contributed by atoms with Gasteiger partial charge in [0, 0.05) is 12.3 Å². The Bertz CT molecular complexity index is 907. The van der Waals surface area contributed by atoms with Crippen LogP contribution in [0.5, 0.6) is 0 Å². The van der Waals surface area contributed by atoms with Crippen LogP contribution in [0.4, 0.5) is 0 Å². The van der Waals surface area contributed by atoms with Crippen molar-refractivity contribution in [3.63, 3.8) is 0 Å². The number of carbonyl (C=O) groups is 1. The molecule has 0 amide bonds. The van der Waals surface area contributed by atoms with Crippen molar-refractivity contribution in [2.75, 3.05) is 0 Å². The maximum atomic E-state index is 13.2. The molecule has 0 saturated heterocycles. The van der Waals surface area contributed by atoms with Crippen molar-refractivity contribution in [2.24, 2.45) is 11.8 Å². The number of benzene rings is 2. The van der Waals surface area contributed by atoms with Crippen LogP contribution in [-0.2, 0) is 14.8 Å². The highest BCUT2D eigenvalue weighted by atomic mass is 32.2. The van der Waals surface area contributed by atoms with E-state index in [1.165, 1.54) is 0 Å². The average molecular weight is 414 g/mol. The molecule has 1 saturated carbocycles. The minimum absolute atomic E-state index is 0.179. The third kappa shape index (κ3) is 5.34. The summed E-state index contributed by atoms with van der Waals surface area (Å²) in [7, 11) is -3.74. The molecule has 0 unspecified atom stereocenters. The van der Waals surface area contributed by atoms with Crippen LogP contribution in [0.2, 0.25) is 0 Å². The van der Waals surface area contributed by atoms with Crippen LogP contribution in [-0.4, -0.2) is 14.2 Å². The number of unbranched alkanes of at least 4 members (excludes halogenated alkanes) is 1. The van der Waals surface area contributed by atoms with Gasteiger partial charge in [0.1, 0.15) is 5.78 Å². The molecule has 156 valence electrons. The van der Waals surface area contributed by atoms with Gasteiger partial charge in [0.2, 0.25) is 10.0 Å². The lowest BCUT2D eigenvalue weighted by Crippen LogP contribution is -2.42. The molecule has 29 heavy (non-hydrogen) atoms. The second-order valence-corrected chi connectivity index (χ2v) is 9.82. The first kappa shape index (κ1) is 21.7. The maximum Gasteiger partial charge on any atom is 0.241 e. The number of ketones is 1. The molecule has 0 spiro atoms. The quantitative estimate of drug-likeness (QED) is 0.648. The van der Waals surface area contributed by atoms with Gasteiger partial charge in [-0.3, -0.25) is 4.79 Å². The minimum Gasteiger partial charge on any atom is -0.299 e. The van der Waals surface area contributed by atoms with E-state index < -0.39 is 16.1 Å². The molecular formula is C24H31NO3S. The maximum absolute atomic E-state index is 13.2. The zero-order valence-corrected chi connectivity index (χ0v) is 18.1. The molecule has 0 bridgehead atoms. The number of sulfonamides is 1. The van der Waals surface area contributed by atoms with Crippen LogP contribution in [0, 0.1) is 18.8 Å². The number of hydrogen-bond acceptors (Lipinski definition) is 3. The van der Waals surface area contributed by atoms with Crippen LogP contribution in [0.25, 0.3) is 0 Å². The summed E-state index contributed by atoms with van der Waals surface area (Å²) in [6.45, 7) is 4.07. The fraction of sp³-hybridized carbons (Fsp3) is 0.458. The Morgan fingerprint density at radius 2 is 1.76 bits per heavy atom. The Morgan fingerprint density at radius 1 is 1.07 bits per heavy atom. The molecule has 1 aliphatic carbocycles. The molecular weight excluding hydrogens is 382 g/mol. The summed E-state index contributed by atoms with van der Waals surface area (Å²) < 4.78 is 29.3. The first-order valence-electron chi connectivity index (χ1n) is 10.6. The third-order valence-corrected chi connectivity index (χ3v) is 7.39. The number of carbonyl (C=O) groups excluding carboxylic acids is 1. The van der Waals surface area contributed by atoms with E-state index in [0.29, 0.717) is 6.42 Å². The largest absolute Gasteiger partial charge is 0.299 e. The number of hydrogen-bond donors (Lipinski definition) is 1. The van der Waals surface area contributed by atoms with Crippen molar-refractivity contribution in [2.45, 2.75) is 63.3 Å². The number of nitrogens with one attached hydrogen (secondary N) is 1. The Balaban J connectivity index is 1.98. The lowest BCUT2D eigenvalue weighted by molar-refractivity contribution is -0.128. The van der Waals surface area contributed by atoms with E-state index in [2.05, 4.69) is 11.6 Å². The lowest BCUT2D eigenvalue weighted by Gasteiger charge is -2.36. The van der Waals surface area contributed by atoms with E-state index in [1.807, 2.05) is 37.3 Å². The van der Waals surface area contributed by atoms with Gasteiger partial charge in [0.15, 0.2) is 0 Å². The average Bonchev–Trinajstić information content (AvgIpc) is 2.72. The molecule has 3 rings (SSSR count). The fourth-order valence-corrected chi connectivity index (χ4v) is 5.61. The zero-order valence-electron chi connectivity index (χ0n) is 17.3. The van der Waals surface area contributed by atoms with Gasteiger partial charge in [0.05, 0.1) is 10.9 Å². The number of aryl methyl sites for hydroxylation is 1. The molecule has 1 fully saturated rings. The first-order chi connectivity index (χ1) is 13.9. The summed E-state index contributed by atoms with van der Waals surface area (Å²) in [6, 6.07) is 15.8. The van der Waals surface area contributed by atoms with Gasteiger partial charge in [-0.15, -0.1) is 0 Å². The summed E-state index contributed by atoms with van der Waals surface area (Å²) in [4.78, 5) is 13.2. The predicted octanol–water partition coefficient (Wildman–Crippen LogP) is 5.19. The van der Waals surface area contributed by atoms with Gasteiger partial charge >= 0.3 is 0 Å². The van der Waals surface area contributed by atoms with Crippen LogP contribution in [0.15, 0.2) is 59.5 Å². The van der Waals surface area contributed by atoms with Gasteiger partial charge in [-0.25, -0.2) is 13.1 Å². The van der Waals surface area contributed by atoms with Crippen molar-refractivity contribution in [3.8, 4) is 0 Å². The molecule has 0 aliphatic heterocycles. The van der Waals surface area contributed by atoms with Gasteiger partial charge in [-0.1, -0.05) is 67.8 Å². The lowest BCUT2D eigenvalue weighted by atomic mass is 9.71. The van der Waals surface area contributed by atoms with E-state index in [1.54, 1.807) is 24.3 Å². The number of rotatable bonds is 8. The molecule has 2 aromatic rings. The second kappa shape index (κ2) is 9.68. The Kier molecular flexibility index (Phi) is 7.25. The van der Waals surface area contributed by atoms with Crippen LogP contribution >= 0.6 is 0 Å². The standard InChI is InChI=1S/C24H31NO3S/c1-3-4-9-19-12-8-13-22(26)23(19)24(20-10-6-5-7-11-20)25-29(27,28)21-16-14-18(2)15-17-21/h5-7,10-11,14-17,19,23-25H,3-4,8-9,12-13H2,1-2H3/t19-,23+,24-/m1/s1. The summed E-state index contributed by atoms with van der Waals surface area (Å²) in [5.41, 5.74) is 1.86. The van der Waals surface area contributed by atoms with Crippen molar-refractivity contribution >= 4 is 15.8 Å². The molecule has 5 heteroatoms. The Hall–Kier alpha value is -1.98. The molecule has 0 radical (unpaired) electrons. The summed E-state index contributed by atoms with van der Waals surface area (Å²) in [6.07, 6.45) is 5.50. The van der Waals surface area contributed by atoms with E-state index in [-0.39, 0.29) is 22.5 Å². The van der Waals surface area contributed by atoms with E-state index in [4.69, 9.17) is 0 Å². The zero-order chi connectivity index (χ0) is 20.9. The highest BCUT2D eigenvalue weighted by molar-refractivity contribution is 7.89. The summed E-state index contributed by atoms with van der Waals surface area (Å²) in [5.74, 6) is 0.0675. The van der Waals surface area contributed by atoms with Gasteiger partial charge in [-0.05, 0) is 49.8 Å². The molecule has 2 aromatic carbocycles. The molecule has 0 heterocycles. The summed E-state index contributed by atoms with van der Waals surface area (Å²) >= 11 is 0. The van der Waals surface area contributed by atoms with E-state index in [9.17, 15) is 13.2 Å². The topological polar surface area (TPSA) is 63.2 Å². The SMILES string of the molecule is CCCC[C@@H]1CCCC(=O)[C@H]1[C@H](NS(=O)(=O)c1ccc(C)cc1)c1ccccc1. The molecule has 1 N–H and O–H groups in total. The monoisotopic (exact) mass is 413 g/mol. The molecule has 1 aliphatic rings. The van der Waals surface area contributed by atoms with Gasteiger partial charge in [0.25, 0.3) is 0 Å². The van der Waals surface area contributed by atoms with Crippen molar-refractivity contribution in [1.29, 1.82) is 0 Å². The Morgan fingerprint density at radius 3 is 2.41 bits per heavy atom. The summed E-state index contributed by atoms with van der Waals surface area (Å²) in [5, 5.41) is 0. The predicted molar refractivity (Wildman–Crippen MR) is 116 cm³/mol. The van der Waals surface area contributed by atoms with Gasteiger partial charge < -0.3 is 0 Å². The van der Waals surface area contributed by atoms with Crippen LogP contribution in [0.1, 0.15) is 62.6 Å². The third-order valence-electron chi connectivity index (χ3n) is 5.94. The highest BCUT2D eigenvalue weighted by Gasteiger charge is 2.40. The smallest absolute Gasteiger partial charge is 0.241 e. The van der Waals surface area contributed by atoms with Crippen LogP contribution < -0.4 is 4.72 Å². The molecule has 4 nitrogen and oxygen atoms in total. The van der Waals surface area contributed by atoms with Crippen LogP contribution in [0.3, 0.4) is 0 Å². The van der Waals surface area contributed by atoms with Crippen molar-refractivity contribution in [3.05, 3.63) is 65.7 Å². The fourth-order valence-electron chi connectivity index (χ4n) is 4.36. The van der Waals surface area contributed by atoms with Crippen molar-refractivity contribution < 1.29 is 13.2 Å². The normalized spacial score (nSPS) is 21.1. The van der Waals surface area contributed by atoms with Crippen molar-refractivity contribution in [1.82, 2.24) is 4.72 Å². The second-order valence-electron chi connectivity index (χ2n) is 8.11. The number of Topliss-reactive ketones (excluding diaryl/α,β-unsaturated/α-hetero) is 1. The van der Waals surface area contributed by atoms with Gasteiger partial charge in [-0.2, -0.15) is 0 Å². The first-order valence-corrected chi connectivity index (χ1v) is 12.1. The van der Waals surface area contributed by atoms with E-state index in [0.717, 1.165) is 43.2 Å².